The Bertz CT molecular complexity index is 1090. The molecule has 3 nitrogen and oxygen atoms in total. The number of aryl methyl sites for hydroxylation is 2. The van der Waals surface area contributed by atoms with E-state index >= 15 is 0 Å². The molecule has 0 amide bonds. The minimum absolute atomic E-state index is 0.0510. The second-order valence-corrected chi connectivity index (χ2v) is 9.07. The molecular formula is C25H26ClFN2OS. The largest absolute Gasteiger partial charge is 0.496 e. The lowest BCUT2D eigenvalue weighted by Crippen LogP contribution is -2.26. The van der Waals surface area contributed by atoms with Gasteiger partial charge in [0, 0.05) is 16.4 Å². The highest BCUT2D eigenvalue weighted by Crippen LogP contribution is 2.38. The second-order valence-electron chi connectivity index (χ2n) is 7.46. The van der Waals surface area contributed by atoms with E-state index in [4.69, 9.17) is 27.7 Å². The van der Waals surface area contributed by atoms with E-state index in [-0.39, 0.29) is 17.8 Å². The second kappa shape index (κ2) is 10.2. The molecule has 6 heteroatoms. The summed E-state index contributed by atoms with van der Waals surface area (Å²) in [4.78, 5) is 5.84. The minimum atomic E-state index is -0.267. The zero-order valence-electron chi connectivity index (χ0n) is 18.1. The number of rotatable bonds is 8. The fourth-order valence-electron chi connectivity index (χ4n) is 3.71. The van der Waals surface area contributed by atoms with Crippen LogP contribution in [0.3, 0.4) is 0 Å². The molecule has 1 aromatic heterocycles. The van der Waals surface area contributed by atoms with Crippen molar-refractivity contribution in [1.82, 2.24) is 4.98 Å². The first-order valence-corrected chi connectivity index (χ1v) is 11.4. The quantitative estimate of drug-likeness (QED) is 0.363. The van der Waals surface area contributed by atoms with E-state index in [2.05, 4.69) is 18.2 Å². The van der Waals surface area contributed by atoms with Crippen molar-refractivity contribution in [3.05, 3.63) is 63.2 Å². The lowest BCUT2D eigenvalue weighted by atomic mass is 9.88. The van der Waals surface area contributed by atoms with Gasteiger partial charge in [0.2, 0.25) is 0 Å². The van der Waals surface area contributed by atoms with E-state index in [1.807, 2.05) is 26.0 Å². The van der Waals surface area contributed by atoms with E-state index in [0.717, 1.165) is 51.0 Å². The number of methoxy groups -OCH3 is 1. The third-order valence-corrected chi connectivity index (χ3v) is 6.51. The van der Waals surface area contributed by atoms with Crippen molar-refractivity contribution in [3.63, 3.8) is 0 Å². The van der Waals surface area contributed by atoms with Gasteiger partial charge in [0.05, 0.1) is 23.9 Å². The van der Waals surface area contributed by atoms with Crippen molar-refractivity contribution in [1.29, 1.82) is 0 Å². The number of nitrogens with zero attached hydrogens (tertiary/aromatic N) is 1. The number of hydrogen-bond donors (Lipinski definition) is 1. The van der Waals surface area contributed by atoms with Crippen LogP contribution in [-0.4, -0.2) is 18.1 Å². The summed E-state index contributed by atoms with van der Waals surface area (Å²) in [6, 6.07) is 10.1. The topological polar surface area (TPSA) is 34.2 Å². The van der Waals surface area contributed by atoms with Gasteiger partial charge in [0.1, 0.15) is 11.6 Å². The van der Waals surface area contributed by atoms with Crippen LogP contribution in [0, 0.1) is 32.0 Å². The average molecular weight is 457 g/mol. The number of ether oxygens (including phenoxy) is 1. The molecule has 0 fully saturated rings. The highest BCUT2D eigenvalue weighted by atomic mass is 35.5. The predicted octanol–water partition coefficient (Wildman–Crippen LogP) is 7.23. The van der Waals surface area contributed by atoms with Crippen molar-refractivity contribution in [2.45, 2.75) is 45.6 Å². The Hall–Kier alpha value is -2.55. The molecule has 0 aliphatic heterocycles. The van der Waals surface area contributed by atoms with Crippen LogP contribution in [0.15, 0.2) is 36.4 Å². The molecule has 0 bridgehead atoms. The summed E-state index contributed by atoms with van der Waals surface area (Å²) in [7, 11) is 1.63. The Morgan fingerprint density at radius 1 is 1.26 bits per heavy atom. The molecule has 0 saturated heterocycles. The summed E-state index contributed by atoms with van der Waals surface area (Å²) in [5.41, 5.74) is 3.70. The van der Waals surface area contributed by atoms with Gasteiger partial charge in [-0.3, -0.25) is 0 Å². The zero-order chi connectivity index (χ0) is 22.5. The number of nitrogens with one attached hydrogen (secondary N) is 1. The molecule has 2 atom stereocenters. The predicted molar refractivity (Wildman–Crippen MR) is 129 cm³/mol. The van der Waals surface area contributed by atoms with Gasteiger partial charge in [-0.05, 0) is 55.7 Å². The van der Waals surface area contributed by atoms with Gasteiger partial charge in [-0.25, -0.2) is 9.37 Å². The molecular weight excluding hydrogens is 431 g/mol. The van der Waals surface area contributed by atoms with Gasteiger partial charge >= 0.3 is 0 Å². The fraction of sp³-hybridized carbons (Fsp3) is 0.320. The molecule has 1 N–H and O–H groups in total. The van der Waals surface area contributed by atoms with Crippen LogP contribution in [-0.2, 0) is 0 Å². The zero-order valence-corrected chi connectivity index (χ0v) is 19.7. The molecule has 1 unspecified atom stereocenters. The van der Waals surface area contributed by atoms with Crippen LogP contribution >= 0.6 is 22.9 Å². The van der Waals surface area contributed by atoms with Crippen LogP contribution < -0.4 is 10.1 Å². The van der Waals surface area contributed by atoms with Crippen molar-refractivity contribution in [2.75, 3.05) is 12.4 Å². The Morgan fingerprint density at radius 2 is 1.97 bits per heavy atom. The molecule has 162 valence electrons. The summed E-state index contributed by atoms with van der Waals surface area (Å²) in [5.74, 6) is 3.41. The first-order valence-electron chi connectivity index (χ1n) is 10.2. The highest BCUT2D eigenvalue weighted by molar-refractivity contribution is 7.16. The Balaban J connectivity index is 1.91. The molecule has 0 spiro atoms. The molecule has 0 radical (unpaired) electrons. The molecule has 0 aliphatic carbocycles. The lowest BCUT2D eigenvalue weighted by Gasteiger charge is -2.24. The molecule has 1 heterocycles. The van der Waals surface area contributed by atoms with Crippen LogP contribution in [0.5, 0.6) is 5.75 Å². The van der Waals surface area contributed by atoms with Crippen LogP contribution in [0.2, 0.25) is 5.02 Å². The molecule has 0 aliphatic rings. The fourth-order valence-corrected chi connectivity index (χ4v) is 4.82. The standard InChI is InChI=1S/C25H26ClFN2OS/c1-6-8-19(17-9-11-18(27)12-10-17)22(7-2)28-25-29-24(16(4)31-25)20-13-15(3)23(30-5)14-21(20)26/h2,9-14,19,22H,6,8H2,1,3-5H3,(H,28,29)/t19-,22?/m0/s1. The first-order chi connectivity index (χ1) is 14.9. The monoisotopic (exact) mass is 456 g/mol. The summed E-state index contributed by atoms with van der Waals surface area (Å²) in [6.07, 6.45) is 7.75. The third-order valence-electron chi connectivity index (χ3n) is 5.29. The number of thiazole rings is 1. The number of hydrogen-bond acceptors (Lipinski definition) is 4. The van der Waals surface area contributed by atoms with Gasteiger partial charge in [0.15, 0.2) is 5.13 Å². The maximum Gasteiger partial charge on any atom is 0.184 e. The summed E-state index contributed by atoms with van der Waals surface area (Å²) in [5, 5.41) is 4.75. The number of benzene rings is 2. The Morgan fingerprint density at radius 3 is 2.58 bits per heavy atom. The summed E-state index contributed by atoms with van der Waals surface area (Å²) in [6.45, 7) is 6.11. The average Bonchev–Trinajstić information content (AvgIpc) is 3.12. The maximum atomic E-state index is 13.4. The van der Waals surface area contributed by atoms with Crippen molar-refractivity contribution < 1.29 is 9.13 Å². The lowest BCUT2D eigenvalue weighted by molar-refractivity contribution is 0.412. The SMILES string of the molecule is C#CC(Nc1nc(-c2cc(C)c(OC)cc2Cl)c(C)s1)[C@@H](CCC)c1ccc(F)cc1. The van der Waals surface area contributed by atoms with Gasteiger partial charge < -0.3 is 10.1 Å². The Kier molecular flexibility index (Phi) is 7.59. The van der Waals surface area contributed by atoms with E-state index in [1.54, 1.807) is 30.6 Å². The molecule has 3 aromatic rings. The van der Waals surface area contributed by atoms with Gasteiger partial charge in [0.25, 0.3) is 0 Å². The normalized spacial score (nSPS) is 12.8. The smallest absolute Gasteiger partial charge is 0.184 e. The summed E-state index contributed by atoms with van der Waals surface area (Å²) >= 11 is 8.06. The van der Waals surface area contributed by atoms with Crippen molar-refractivity contribution >= 4 is 28.1 Å². The van der Waals surface area contributed by atoms with Crippen LogP contribution in [0.25, 0.3) is 11.3 Å². The number of aromatic nitrogens is 1. The Labute approximate surface area is 192 Å². The van der Waals surface area contributed by atoms with E-state index in [9.17, 15) is 4.39 Å². The molecule has 3 rings (SSSR count). The molecule has 2 aromatic carbocycles. The third kappa shape index (κ3) is 5.20. The van der Waals surface area contributed by atoms with Gasteiger partial charge in [-0.15, -0.1) is 17.8 Å². The highest BCUT2D eigenvalue weighted by Gasteiger charge is 2.23. The van der Waals surface area contributed by atoms with E-state index in [0.29, 0.717) is 5.02 Å². The van der Waals surface area contributed by atoms with Gasteiger partial charge in [-0.1, -0.05) is 43.0 Å². The number of terminal acetylenes is 1. The van der Waals surface area contributed by atoms with Crippen LogP contribution in [0.4, 0.5) is 9.52 Å². The van der Waals surface area contributed by atoms with Crippen molar-refractivity contribution in [2.24, 2.45) is 0 Å². The van der Waals surface area contributed by atoms with E-state index in [1.165, 1.54) is 12.1 Å². The first kappa shape index (κ1) is 23.1. The van der Waals surface area contributed by atoms with Crippen LogP contribution in [0.1, 0.15) is 41.7 Å². The minimum Gasteiger partial charge on any atom is -0.496 e. The molecule has 31 heavy (non-hydrogen) atoms. The molecule has 0 saturated carbocycles. The van der Waals surface area contributed by atoms with Gasteiger partial charge in [-0.2, -0.15) is 0 Å². The van der Waals surface area contributed by atoms with Crippen molar-refractivity contribution in [3.8, 4) is 29.4 Å². The van der Waals surface area contributed by atoms with E-state index < -0.39 is 0 Å². The number of halogens is 2. The maximum absolute atomic E-state index is 13.4. The summed E-state index contributed by atoms with van der Waals surface area (Å²) < 4.78 is 18.8. The number of anilines is 1.